The van der Waals surface area contributed by atoms with E-state index in [9.17, 15) is 4.79 Å². The normalized spacial score (nSPS) is 14.5. The number of nitrogens with zero attached hydrogens (tertiary/aromatic N) is 1. The fourth-order valence-corrected chi connectivity index (χ4v) is 3.33. The Kier molecular flexibility index (Phi) is 4.11. The van der Waals surface area contributed by atoms with Gasteiger partial charge in [0.15, 0.2) is 5.78 Å². The molecule has 1 aliphatic rings. The highest BCUT2D eigenvalue weighted by Crippen LogP contribution is 2.29. The summed E-state index contributed by atoms with van der Waals surface area (Å²) in [5.41, 5.74) is 4.64. The Morgan fingerprint density at radius 1 is 1.14 bits per heavy atom. The van der Waals surface area contributed by atoms with Crippen molar-refractivity contribution in [3.63, 3.8) is 0 Å². The SMILES string of the molecule is CC(=O)c1cc(Br)ccc1N1CCCc2ccccc2C1. The number of carbonyl (C=O) groups is 1. The van der Waals surface area contributed by atoms with Gasteiger partial charge in [0.25, 0.3) is 0 Å². The lowest BCUT2D eigenvalue weighted by atomic mass is 10.0. The van der Waals surface area contributed by atoms with Gasteiger partial charge in [-0.05, 0) is 49.1 Å². The highest BCUT2D eigenvalue weighted by Gasteiger charge is 2.18. The number of halogens is 1. The van der Waals surface area contributed by atoms with Crippen LogP contribution >= 0.6 is 15.9 Å². The van der Waals surface area contributed by atoms with Crippen LogP contribution in [-0.4, -0.2) is 12.3 Å². The first-order valence-corrected chi connectivity index (χ1v) is 8.06. The highest BCUT2D eigenvalue weighted by atomic mass is 79.9. The van der Waals surface area contributed by atoms with E-state index in [1.54, 1.807) is 6.92 Å². The molecule has 3 heteroatoms. The van der Waals surface area contributed by atoms with Crippen LogP contribution in [0.2, 0.25) is 0 Å². The molecule has 0 spiro atoms. The molecule has 0 fully saturated rings. The molecule has 0 unspecified atom stereocenters. The summed E-state index contributed by atoms with van der Waals surface area (Å²) in [6.07, 6.45) is 2.23. The molecule has 0 amide bonds. The van der Waals surface area contributed by atoms with E-state index in [1.165, 1.54) is 11.1 Å². The van der Waals surface area contributed by atoms with Crippen LogP contribution in [0.5, 0.6) is 0 Å². The molecule has 0 radical (unpaired) electrons. The Bertz CT molecular complexity index is 681. The van der Waals surface area contributed by atoms with Gasteiger partial charge in [0, 0.05) is 28.8 Å². The van der Waals surface area contributed by atoms with Crippen molar-refractivity contribution in [3.8, 4) is 0 Å². The second-order valence-electron chi connectivity index (χ2n) is 5.51. The second kappa shape index (κ2) is 6.02. The molecule has 0 saturated heterocycles. The van der Waals surface area contributed by atoms with Crippen LogP contribution < -0.4 is 4.90 Å². The minimum atomic E-state index is 0.115. The summed E-state index contributed by atoms with van der Waals surface area (Å²) in [4.78, 5) is 14.3. The number of benzene rings is 2. The van der Waals surface area contributed by atoms with Crippen molar-refractivity contribution >= 4 is 27.4 Å². The number of hydrogen-bond donors (Lipinski definition) is 0. The minimum Gasteiger partial charge on any atom is -0.367 e. The summed E-state index contributed by atoms with van der Waals surface area (Å²) in [5.74, 6) is 0.115. The lowest BCUT2D eigenvalue weighted by Crippen LogP contribution is -2.24. The standard InChI is InChI=1S/C18H18BrNO/c1-13(21)17-11-16(19)8-9-18(17)20-10-4-7-14-5-2-3-6-15(14)12-20/h2-3,5-6,8-9,11H,4,7,10,12H2,1H3. The number of fused-ring (bicyclic) bond motifs is 1. The molecule has 1 heterocycles. The number of anilines is 1. The molecule has 0 aromatic heterocycles. The van der Waals surface area contributed by atoms with Gasteiger partial charge in [0.05, 0.1) is 0 Å². The lowest BCUT2D eigenvalue weighted by Gasteiger charge is -2.25. The molecule has 0 bridgehead atoms. The average molecular weight is 344 g/mol. The second-order valence-corrected chi connectivity index (χ2v) is 6.43. The lowest BCUT2D eigenvalue weighted by molar-refractivity contribution is 0.101. The Morgan fingerprint density at radius 3 is 2.67 bits per heavy atom. The van der Waals surface area contributed by atoms with Crippen molar-refractivity contribution in [3.05, 3.63) is 63.6 Å². The van der Waals surface area contributed by atoms with E-state index in [0.29, 0.717) is 0 Å². The maximum absolute atomic E-state index is 11.9. The summed E-state index contributed by atoms with van der Waals surface area (Å²) in [6, 6.07) is 14.6. The topological polar surface area (TPSA) is 20.3 Å². The smallest absolute Gasteiger partial charge is 0.161 e. The minimum absolute atomic E-state index is 0.115. The summed E-state index contributed by atoms with van der Waals surface area (Å²) < 4.78 is 0.951. The summed E-state index contributed by atoms with van der Waals surface area (Å²) >= 11 is 3.46. The van der Waals surface area contributed by atoms with E-state index in [4.69, 9.17) is 0 Å². The van der Waals surface area contributed by atoms with Crippen LogP contribution in [0.25, 0.3) is 0 Å². The molecule has 0 saturated carbocycles. The zero-order valence-corrected chi connectivity index (χ0v) is 13.7. The number of rotatable bonds is 2. The number of Topliss-reactive ketones (excluding diaryl/α,β-unsaturated/α-hetero) is 1. The van der Waals surface area contributed by atoms with Gasteiger partial charge in [0.2, 0.25) is 0 Å². The summed E-state index contributed by atoms with van der Waals surface area (Å²) in [6.45, 7) is 3.49. The van der Waals surface area contributed by atoms with E-state index >= 15 is 0 Å². The van der Waals surface area contributed by atoms with Crippen LogP contribution in [0.3, 0.4) is 0 Å². The highest BCUT2D eigenvalue weighted by molar-refractivity contribution is 9.10. The van der Waals surface area contributed by atoms with Crippen molar-refractivity contribution < 1.29 is 4.79 Å². The Hall–Kier alpha value is -1.61. The predicted octanol–water partition coefficient (Wildman–Crippen LogP) is 4.60. The fourth-order valence-electron chi connectivity index (χ4n) is 2.97. The van der Waals surface area contributed by atoms with Crippen molar-refractivity contribution in [2.75, 3.05) is 11.4 Å². The average Bonchev–Trinajstić information content (AvgIpc) is 2.69. The maximum atomic E-state index is 11.9. The van der Waals surface area contributed by atoms with E-state index in [1.807, 2.05) is 12.1 Å². The van der Waals surface area contributed by atoms with E-state index < -0.39 is 0 Å². The van der Waals surface area contributed by atoms with Crippen LogP contribution in [-0.2, 0) is 13.0 Å². The number of ketones is 1. The van der Waals surface area contributed by atoms with Crippen molar-refractivity contribution in [1.82, 2.24) is 0 Å². The van der Waals surface area contributed by atoms with Crippen molar-refractivity contribution in [1.29, 1.82) is 0 Å². The molecule has 0 N–H and O–H groups in total. The third-order valence-electron chi connectivity index (χ3n) is 4.03. The number of carbonyl (C=O) groups excluding carboxylic acids is 1. The quantitative estimate of drug-likeness (QED) is 0.742. The predicted molar refractivity (Wildman–Crippen MR) is 90.0 cm³/mol. The monoisotopic (exact) mass is 343 g/mol. The first-order valence-electron chi connectivity index (χ1n) is 7.27. The number of aryl methyl sites for hydroxylation is 1. The van der Waals surface area contributed by atoms with Crippen LogP contribution in [0.4, 0.5) is 5.69 Å². The van der Waals surface area contributed by atoms with Crippen molar-refractivity contribution in [2.24, 2.45) is 0 Å². The zero-order valence-electron chi connectivity index (χ0n) is 12.1. The van der Waals surface area contributed by atoms with Gasteiger partial charge in [-0.15, -0.1) is 0 Å². The summed E-state index contributed by atoms with van der Waals surface area (Å²) in [5, 5.41) is 0. The third kappa shape index (κ3) is 3.03. The van der Waals surface area contributed by atoms with Gasteiger partial charge in [-0.2, -0.15) is 0 Å². The molecule has 2 aromatic carbocycles. The zero-order chi connectivity index (χ0) is 14.8. The molecule has 21 heavy (non-hydrogen) atoms. The van der Waals surface area contributed by atoms with Gasteiger partial charge in [0.1, 0.15) is 0 Å². The van der Waals surface area contributed by atoms with Crippen LogP contribution in [0.1, 0.15) is 34.8 Å². The van der Waals surface area contributed by atoms with Crippen molar-refractivity contribution in [2.45, 2.75) is 26.3 Å². The number of hydrogen-bond acceptors (Lipinski definition) is 2. The third-order valence-corrected chi connectivity index (χ3v) is 4.53. The van der Waals surface area contributed by atoms with Crippen LogP contribution in [0, 0.1) is 0 Å². The summed E-state index contributed by atoms with van der Waals surface area (Å²) in [7, 11) is 0. The van der Waals surface area contributed by atoms with Gasteiger partial charge in [-0.1, -0.05) is 40.2 Å². The first-order chi connectivity index (χ1) is 10.1. The Balaban J connectivity index is 2.00. The largest absolute Gasteiger partial charge is 0.367 e. The van der Waals surface area contributed by atoms with E-state index in [0.717, 1.165) is 41.7 Å². The van der Waals surface area contributed by atoms with E-state index in [-0.39, 0.29) is 5.78 Å². The van der Waals surface area contributed by atoms with Gasteiger partial charge in [-0.3, -0.25) is 4.79 Å². The molecule has 0 atom stereocenters. The fraction of sp³-hybridized carbons (Fsp3) is 0.278. The Morgan fingerprint density at radius 2 is 1.90 bits per heavy atom. The molecule has 0 aliphatic carbocycles. The molecule has 2 aromatic rings. The van der Waals surface area contributed by atoms with Crippen LogP contribution in [0.15, 0.2) is 46.9 Å². The molecular formula is C18H18BrNO. The molecular weight excluding hydrogens is 326 g/mol. The van der Waals surface area contributed by atoms with Gasteiger partial charge >= 0.3 is 0 Å². The van der Waals surface area contributed by atoms with Gasteiger partial charge in [-0.25, -0.2) is 0 Å². The van der Waals surface area contributed by atoms with Gasteiger partial charge < -0.3 is 4.90 Å². The molecule has 2 nitrogen and oxygen atoms in total. The Labute approximate surface area is 133 Å². The molecule has 3 rings (SSSR count). The first kappa shape index (κ1) is 14.3. The maximum Gasteiger partial charge on any atom is 0.161 e. The molecule has 1 aliphatic heterocycles. The molecule has 108 valence electrons. The van der Waals surface area contributed by atoms with E-state index in [2.05, 4.69) is 51.2 Å².